The average molecular weight is 332 g/mol. The van der Waals surface area contributed by atoms with E-state index >= 15 is 0 Å². The molecule has 1 amide bonds. The van der Waals surface area contributed by atoms with Gasteiger partial charge in [0.2, 0.25) is 5.76 Å². The van der Waals surface area contributed by atoms with Crippen LogP contribution in [-0.2, 0) is 4.74 Å². The van der Waals surface area contributed by atoms with Gasteiger partial charge in [-0.05, 0) is 39.5 Å². The molecule has 1 atom stereocenters. The zero-order chi connectivity index (χ0) is 16.7. The second-order valence-electron chi connectivity index (χ2n) is 6.63. The van der Waals surface area contributed by atoms with Crippen molar-refractivity contribution in [1.82, 2.24) is 20.2 Å². The van der Waals surface area contributed by atoms with E-state index in [1.807, 2.05) is 0 Å². The van der Waals surface area contributed by atoms with Gasteiger partial charge in [-0.25, -0.2) is 0 Å². The summed E-state index contributed by atoms with van der Waals surface area (Å²) in [5.41, 5.74) is 0.518. The number of hydrogen-bond donors (Lipinski definition) is 0. The van der Waals surface area contributed by atoms with Gasteiger partial charge in [0.15, 0.2) is 5.82 Å². The van der Waals surface area contributed by atoms with E-state index in [0.717, 1.165) is 25.7 Å². The first-order valence-corrected chi connectivity index (χ1v) is 8.25. The molecule has 8 heteroatoms. The Hall–Kier alpha value is -2.22. The molecule has 8 nitrogen and oxygen atoms in total. The van der Waals surface area contributed by atoms with Crippen LogP contribution >= 0.6 is 0 Å². The maximum Gasteiger partial charge on any atom is 0.292 e. The number of rotatable bonds is 2. The maximum atomic E-state index is 12.4. The highest BCUT2D eigenvalue weighted by Gasteiger charge is 2.45. The van der Waals surface area contributed by atoms with Crippen molar-refractivity contribution in [3.8, 4) is 0 Å². The van der Waals surface area contributed by atoms with E-state index in [9.17, 15) is 4.79 Å². The van der Waals surface area contributed by atoms with Crippen molar-refractivity contribution in [2.75, 3.05) is 13.1 Å². The van der Waals surface area contributed by atoms with Gasteiger partial charge in [0, 0.05) is 19.2 Å². The highest BCUT2D eigenvalue weighted by Crippen LogP contribution is 2.44. The first kappa shape index (κ1) is 15.3. The van der Waals surface area contributed by atoms with Gasteiger partial charge in [-0.15, -0.1) is 0 Å². The Morgan fingerprint density at radius 2 is 2.00 bits per heavy atom. The normalized spacial score (nSPS) is 23.1. The van der Waals surface area contributed by atoms with Gasteiger partial charge >= 0.3 is 0 Å². The molecule has 2 aromatic heterocycles. The van der Waals surface area contributed by atoms with E-state index in [2.05, 4.69) is 15.3 Å². The van der Waals surface area contributed by atoms with Crippen LogP contribution in [0, 0.1) is 13.8 Å². The van der Waals surface area contributed by atoms with Crippen LogP contribution in [0.1, 0.15) is 59.8 Å². The quantitative estimate of drug-likeness (QED) is 0.832. The van der Waals surface area contributed by atoms with Crippen molar-refractivity contribution in [1.29, 1.82) is 0 Å². The number of carbonyl (C=O) groups excluding carboxylic acids is 1. The Morgan fingerprint density at radius 1 is 1.21 bits per heavy atom. The Morgan fingerprint density at radius 3 is 2.62 bits per heavy atom. The SMILES string of the molecule is Cc1cc(C(=O)N2CCC3(CC[C@@H](c4nc(C)no4)O3)CC2)on1. The number of ether oxygens (including phenoxy) is 1. The van der Waals surface area contributed by atoms with E-state index in [0.29, 0.717) is 36.3 Å². The second kappa shape index (κ2) is 5.70. The van der Waals surface area contributed by atoms with Crippen molar-refractivity contribution in [3.05, 3.63) is 29.2 Å². The molecule has 0 aliphatic carbocycles. The highest BCUT2D eigenvalue weighted by atomic mass is 16.5. The van der Waals surface area contributed by atoms with Gasteiger partial charge in [-0.3, -0.25) is 4.79 Å². The summed E-state index contributed by atoms with van der Waals surface area (Å²) in [6.07, 6.45) is 3.29. The minimum absolute atomic E-state index is 0.104. The number of aryl methyl sites for hydroxylation is 2. The lowest BCUT2D eigenvalue weighted by Crippen LogP contribution is -2.46. The second-order valence-corrected chi connectivity index (χ2v) is 6.63. The lowest BCUT2D eigenvalue weighted by Gasteiger charge is -2.38. The number of piperidine rings is 1. The molecule has 0 saturated carbocycles. The summed E-state index contributed by atoms with van der Waals surface area (Å²) in [6, 6.07) is 1.67. The summed E-state index contributed by atoms with van der Waals surface area (Å²) in [5.74, 6) is 1.37. The van der Waals surface area contributed by atoms with Crippen LogP contribution in [-0.4, -0.2) is 44.8 Å². The van der Waals surface area contributed by atoms with Gasteiger partial charge < -0.3 is 18.7 Å². The third-order valence-electron chi connectivity index (χ3n) is 4.87. The van der Waals surface area contributed by atoms with E-state index in [1.165, 1.54) is 0 Å². The summed E-state index contributed by atoms with van der Waals surface area (Å²) in [7, 11) is 0. The lowest BCUT2D eigenvalue weighted by molar-refractivity contribution is -0.0822. The molecule has 0 unspecified atom stereocenters. The van der Waals surface area contributed by atoms with Gasteiger partial charge in [0.1, 0.15) is 6.10 Å². The number of likely N-dealkylation sites (tertiary alicyclic amines) is 1. The molecule has 0 radical (unpaired) electrons. The molecule has 2 aliphatic heterocycles. The fourth-order valence-corrected chi connectivity index (χ4v) is 3.54. The number of amides is 1. The summed E-state index contributed by atoms with van der Waals surface area (Å²) in [6.45, 7) is 4.90. The van der Waals surface area contributed by atoms with Crippen molar-refractivity contribution < 1.29 is 18.6 Å². The predicted molar refractivity (Wildman–Crippen MR) is 81.2 cm³/mol. The molecule has 24 heavy (non-hydrogen) atoms. The molecule has 4 rings (SSSR count). The monoisotopic (exact) mass is 332 g/mol. The number of aromatic nitrogens is 3. The van der Waals surface area contributed by atoms with Crippen molar-refractivity contribution >= 4 is 5.91 Å². The largest absolute Gasteiger partial charge is 0.362 e. The van der Waals surface area contributed by atoms with E-state index < -0.39 is 0 Å². The fraction of sp³-hybridized carbons (Fsp3) is 0.625. The summed E-state index contributed by atoms with van der Waals surface area (Å²) in [4.78, 5) is 18.5. The van der Waals surface area contributed by atoms with E-state index in [4.69, 9.17) is 13.8 Å². The molecule has 128 valence electrons. The van der Waals surface area contributed by atoms with Crippen LogP contribution in [0.2, 0.25) is 0 Å². The van der Waals surface area contributed by atoms with Gasteiger partial charge in [-0.2, -0.15) is 4.98 Å². The molecule has 2 aromatic rings. The molecular weight excluding hydrogens is 312 g/mol. The number of nitrogens with zero attached hydrogens (tertiary/aromatic N) is 4. The molecule has 4 heterocycles. The minimum atomic E-state index is -0.193. The molecule has 0 N–H and O–H groups in total. The van der Waals surface area contributed by atoms with Crippen LogP contribution in [0.15, 0.2) is 15.1 Å². The summed E-state index contributed by atoms with van der Waals surface area (Å²) >= 11 is 0. The Labute approximate surface area is 139 Å². The van der Waals surface area contributed by atoms with Crippen molar-refractivity contribution in [2.24, 2.45) is 0 Å². The molecule has 0 aromatic carbocycles. The molecular formula is C16H20N4O4. The maximum absolute atomic E-state index is 12.4. The van der Waals surface area contributed by atoms with Crippen LogP contribution in [0.25, 0.3) is 0 Å². The third-order valence-corrected chi connectivity index (χ3v) is 4.87. The Bertz CT molecular complexity index is 745. The topological polar surface area (TPSA) is 94.5 Å². The van der Waals surface area contributed by atoms with Crippen LogP contribution in [0.3, 0.4) is 0 Å². The zero-order valence-electron chi connectivity index (χ0n) is 13.8. The molecule has 0 bridgehead atoms. The standard InChI is InChI=1S/C16H20N4O4/c1-10-9-13(23-18-10)15(21)20-7-5-16(6-8-20)4-3-12(22-16)14-17-11(2)19-24-14/h9,12H,3-8H2,1-2H3/t12-/m0/s1. The van der Waals surface area contributed by atoms with Crippen LogP contribution < -0.4 is 0 Å². The molecule has 2 fully saturated rings. The molecule has 2 saturated heterocycles. The lowest BCUT2D eigenvalue weighted by atomic mass is 9.88. The zero-order valence-corrected chi connectivity index (χ0v) is 13.8. The Kier molecular flexibility index (Phi) is 3.64. The van der Waals surface area contributed by atoms with Gasteiger partial charge in [0.25, 0.3) is 11.8 Å². The molecule has 1 spiro atoms. The summed E-state index contributed by atoms with van der Waals surface area (Å²) in [5, 5.41) is 7.61. The molecule has 2 aliphatic rings. The van der Waals surface area contributed by atoms with Crippen LogP contribution in [0.4, 0.5) is 0 Å². The van der Waals surface area contributed by atoms with Gasteiger partial charge in [0.05, 0.1) is 11.3 Å². The third kappa shape index (κ3) is 2.71. The van der Waals surface area contributed by atoms with Crippen LogP contribution in [0.5, 0.6) is 0 Å². The van der Waals surface area contributed by atoms with Crippen molar-refractivity contribution in [2.45, 2.75) is 51.2 Å². The number of carbonyl (C=O) groups is 1. The summed E-state index contributed by atoms with van der Waals surface area (Å²) < 4.78 is 16.6. The first-order valence-electron chi connectivity index (χ1n) is 8.25. The van der Waals surface area contributed by atoms with E-state index in [1.54, 1.807) is 24.8 Å². The predicted octanol–water partition coefficient (Wildman–Crippen LogP) is 2.20. The highest BCUT2D eigenvalue weighted by molar-refractivity contribution is 5.91. The Balaban J connectivity index is 1.38. The smallest absolute Gasteiger partial charge is 0.292 e. The number of hydrogen-bond acceptors (Lipinski definition) is 7. The fourth-order valence-electron chi connectivity index (χ4n) is 3.54. The first-order chi connectivity index (χ1) is 11.5. The van der Waals surface area contributed by atoms with Gasteiger partial charge in [-0.1, -0.05) is 10.3 Å². The average Bonchev–Trinajstić information content (AvgIpc) is 3.28. The van der Waals surface area contributed by atoms with E-state index in [-0.39, 0.29) is 17.6 Å². The van der Waals surface area contributed by atoms with Crippen molar-refractivity contribution in [3.63, 3.8) is 0 Å². The minimum Gasteiger partial charge on any atom is -0.362 e.